The molecule has 0 saturated heterocycles. The van der Waals surface area contributed by atoms with Gasteiger partial charge in [-0.25, -0.2) is 5.48 Å². The number of hydrogen-bond acceptors (Lipinski definition) is 4. The van der Waals surface area contributed by atoms with E-state index in [1.807, 2.05) is 54.6 Å². The Morgan fingerprint density at radius 3 is 2.38 bits per heavy atom. The van der Waals surface area contributed by atoms with Crippen molar-refractivity contribution in [3.8, 4) is 5.75 Å². The van der Waals surface area contributed by atoms with Gasteiger partial charge >= 0.3 is 0 Å². The molecule has 4 aromatic rings. The zero-order chi connectivity index (χ0) is 23.8. The predicted molar refractivity (Wildman–Crippen MR) is 136 cm³/mol. The maximum Gasteiger partial charge on any atom is 0.274 e. The molecule has 1 amide bonds. The molecular weight excluding hydrogens is 424 g/mol. The van der Waals surface area contributed by atoms with Gasteiger partial charge in [-0.2, -0.15) is 0 Å². The van der Waals surface area contributed by atoms with E-state index in [-0.39, 0.29) is 0 Å². The predicted octanol–water partition coefficient (Wildman–Crippen LogP) is 5.55. The SMILES string of the molecule is CN(CC(=Cc1ccc(C(=O)NO)cc1)COc1cccc2ccccc12)Cc1ccccc1. The van der Waals surface area contributed by atoms with Gasteiger partial charge in [0.15, 0.2) is 0 Å². The zero-order valence-electron chi connectivity index (χ0n) is 19.1. The van der Waals surface area contributed by atoms with Crippen LogP contribution >= 0.6 is 0 Å². The van der Waals surface area contributed by atoms with Gasteiger partial charge in [0.2, 0.25) is 0 Å². The third kappa shape index (κ3) is 6.10. The Bertz CT molecular complexity index is 1260. The molecule has 4 aromatic carbocycles. The minimum absolute atomic E-state index is 0.398. The molecule has 0 fully saturated rings. The van der Waals surface area contributed by atoms with Gasteiger partial charge in [-0.1, -0.05) is 84.9 Å². The molecule has 0 aliphatic rings. The number of carbonyl (C=O) groups excluding carboxylic acids is 1. The summed E-state index contributed by atoms with van der Waals surface area (Å²) in [5.74, 6) is 0.322. The second kappa shape index (κ2) is 11.3. The van der Waals surface area contributed by atoms with E-state index in [9.17, 15) is 4.79 Å². The number of carbonyl (C=O) groups is 1. The van der Waals surface area contributed by atoms with Crippen LogP contribution in [0.5, 0.6) is 5.75 Å². The van der Waals surface area contributed by atoms with Crippen LogP contribution in [0.4, 0.5) is 0 Å². The normalized spacial score (nSPS) is 11.6. The standard InChI is InChI=1S/C29H28N2O3/c1-31(19-23-8-3-2-4-9-23)20-24(18-22-14-16-26(17-15-22)29(32)30-33)21-34-28-13-7-11-25-10-5-6-12-27(25)28/h2-18,33H,19-21H2,1H3,(H,30,32). The number of hydroxylamine groups is 1. The van der Waals surface area contributed by atoms with Crippen LogP contribution in [0.25, 0.3) is 16.8 Å². The summed E-state index contributed by atoms with van der Waals surface area (Å²) in [5, 5.41) is 11.1. The smallest absolute Gasteiger partial charge is 0.274 e. The molecule has 5 heteroatoms. The molecule has 0 spiro atoms. The van der Waals surface area contributed by atoms with Crippen molar-refractivity contribution < 1.29 is 14.7 Å². The van der Waals surface area contributed by atoms with E-state index in [1.54, 1.807) is 17.6 Å². The van der Waals surface area contributed by atoms with Crippen molar-refractivity contribution >= 4 is 22.8 Å². The van der Waals surface area contributed by atoms with Crippen LogP contribution in [0.15, 0.2) is 103 Å². The van der Waals surface area contributed by atoms with Crippen LogP contribution in [0.1, 0.15) is 21.5 Å². The van der Waals surface area contributed by atoms with Crippen molar-refractivity contribution in [3.63, 3.8) is 0 Å². The van der Waals surface area contributed by atoms with Gasteiger partial charge in [-0.15, -0.1) is 0 Å². The maximum absolute atomic E-state index is 11.6. The largest absolute Gasteiger partial charge is 0.489 e. The maximum atomic E-state index is 11.6. The molecule has 0 saturated carbocycles. The molecule has 172 valence electrons. The third-order valence-corrected chi connectivity index (χ3v) is 5.58. The summed E-state index contributed by atoms with van der Waals surface area (Å²) in [7, 11) is 2.09. The highest BCUT2D eigenvalue weighted by Gasteiger charge is 2.09. The first kappa shape index (κ1) is 23.2. The van der Waals surface area contributed by atoms with Crippen LogP contribution < -0.4 is 10.2 Å². The summed E-state index contributed by atoms with van der Waals surface area (Å²) in [4.78, 5) is 13.9. The van der Waals surface area contributed by atoms with Crippen LogP contribution in [0.2, 0.25) is 0 Å². The summed E-state index contributed by atoms with van der Waals surface area (Å²) in [5.41, 5.74) is 5.37. The molecule has 0 atom stereocenters. The first-order valence-electron chi connectivity index (χ1n) is 11.2. The van der Waals surface area contributed by atoms with E-state index in [4.69, 9.17) is 9.94 Å². The number of rotatable bonds is 9. The van der Waals surface area contributed by atoms with Crippen molar-refractivity contribution in [1.82, 2.24) is 10.4 Å². The molecule has 4 rings (SSSR count). The topological polar surface area (TPSA) is 61.8 Å². The van der Waals surface area contributed by atoms with E-state index in [1.165, 1.54) is 5.56 Å². The van der Waals surface area contributed by atoms with Gasteiger partial charge in [-0.3, -0.25) is 14.9 Å². The van der Waals surface area contributed by atoms with E-state index in [0.717, 1.165) is 40.7 Å². The zero-order valence-corrected chi connectivity index (χ0v) is 19.1. The second-order valence-corrected chi connectivity index (χ2v) is 8.29. The van der Waals surface area contributed by atoms with Crippen LogP contribution in [-0.2, 0) is 6.54 Å². The Balaban J connectivity index is 1.55. The van der Waals surface area contributed by atoms with Gasteiger partial charge in [-0.05, 0) is 47.3 Å². The number of benzene rings is 4. The fourth-order valence-electron chi connectivity index (χ4n) is 3.95. The highest BCUT2D eigenvalue weighted by Crippen LogP contribution is 2.26. The first-order valence-corrected chi connectivity index (χ1v) is 11.2. The minimum Gasteiger partial charge on any atom is -0.489 e. The Morgan fingerprint density at radius 2 is 1.62 bits per heavy atom. The molecule has 0 aliphatic carbocycles. The van der Waals surface area contributed by atoms with Crippen molar-refractivity contribution in [2.24, 2.45) is 0 Å². The van der Waals surface area contributed by atoms with Gasteiger partial charge in [0.05, 0.1) is 0 Å². The van der Waals surface area contributed by atoms with Crippen LogP contribution in [0, 0.1) is 0 Å². The molecule has 0 heterocycles. The monoisotopic (exact) mass is 452 g/mol. The average Bonchev–Trinajstić information content (AvgIpc) is 2.87. The lowest BCUT2D eigenvalue weighted by atomic mass is 10.1. The summed E-state index contributed by atoms with van der Waals surface area (Å²) in [6.45, 7) is 1.98. The quantitative estimate of drug-likeness (QED) is 0.258. The van der Waals surface area contributed by atoms with Gasteiger partial charge in [0.1, 0.15) is 12.4 Å². The molecule has 0 unspecified atom stereocenters. The van der Waals surface area contributed by atoms with Crippen molar-refractivity contribution in [1.29, 1.82) is 0 Å². The van der Waals surface area contributed by atoms with Gasteiger partial charge < -0.3 is 4.74 Å². The van der Waals surface area contributed by atoms with E-state index in [0.29, 0.717) is 12.2 Å². The highest BCUT2D eigenvalue weighted by atomic mass is 16.5. The fraction of sp³-hybridized carbons (Fsp3) is 0.138. The number of fused-ring (bicyclic) bond motifs is 1. The lowest BCUT2D eigenvalue weighted by molar-refractivity contribution is 0.0706. The number of nitrogens with one attached hydrogen (secondary N) is 1. The van der Waals surface area contributed by atoms with Crippen molar-refractivity contribution in [2.45, 2.75) is 6.54 Å². The van der Waals surface area contributed by atoms with Crippen LogP contribution in [-0.4, -0.2) is 36.2 Å². The molecule has 0 aliphatic heterocycles. The Kier molecular flexibility index (Phi) is 7.71. The second-order valence-electron chi connectivity index (χ2n) is 8.29. The lowest BCUT2D eigenvalue weighted by Crippen LogP contribution is -2.23. The Hall–Kier alpha value is -3.93. The molecule has 0 radical (unpaired) electrons. The molecule has 2 N–H and O–H groups in total. The number of amides is 1. The van der Waals surface area contributed by atoms with Gasteiger partial charge in [0, 0.05) is 24.0 Å². The lowest BCUT2D eigenvalue weighted by Gasteiger charge is -2.20. The summed E-state index contributed by atoms with van der Waals surface area (Å²) >= 11 is 0. The van der Waals surface area contributed by atoms with Crippen molar-refractivity contribution in [2.75, 3.05) is 20.2 Å². The number of nitrogens with zero attached hydrogens (tertiary/aromatic N) is 1. The molecular formula is C29H28N2O3. The van der Waals surface area contributed by atoms with E-state index >= 15 is 0 Å². The highest BCUT2D eigenvalue weighted by molar-refractivity contribution is 5.93. The minimum atomic E-state index is -0.530. The van der Waals surface area contributed by atoms with E-state index in [2.05, 4.69) is 48.4 Å². The fourth-order valence-corrected chi connectivity index (χ4v) is 3.95. The van der Waals surface area contributed by atoms with Crippen molar-refractivity contribution in [3.05, 3.63) is 119 Å². The summed E-state index contributed by atoms with van der Waals surface area (Å²) in [6.07, 6.45) is 2.09. The molecule has 0 aromatic heterocycles. The average molecular weight is 453 g/mol. The Morgan fingerprint density at radius 1 is 0.912 bits per heavy atom. The Labute approximate surface area is 199 Å². The number of hydrogen-bond donors (Lipinski definition) is 2. The van der Waals surface area contributed by atoms with Crippen LogP contribution in [0.3, 0.4) is 0 Å². The summed E-state index contributed by atoms with van der Waals surface area (Å²) < 4.78 is 6.29. The third-order valence-electron chi connectivity index (χ3n) is 5.58. The summed E-state index contributed by atoms with van der Waals surface area (Å²) in [6, 6.07) is 31.7. The van der Waals surface area contributed by atoms with E-state index < -0.39 is 5.91 Å². The molecule has 5 nitrogen and oxygen atoms in total. The number of likely N-dealkylation sites (N-methyl/N-ethyl adjacent to an activating group) is 1. The molecule has 34 heavy (non-hydrogen) atoms. The van der Waals surface area contributed by atoms with Gasteiger partial charge in [0.25, 0.3) is 5.91 Å². The molecule has 0 bridgehead atoms. The first-order chi connectivity index (χ1) is 16.6. The number of ether oxygens (including phenoxy) is 1.